The van der Waals surface area contributed by atoms with E-state index >= 15 is 0 Å². The minimum absolute atomic E-state index is 0.309. The molecule has 0 spiro atoms. The Bertz CT molecular complexity index is 625. The largest absolute Gasteiger partial charge is 0.497 e. The van der Waals surface area contributed by atoms with Crippen LogP contribution < -0.4 is 9.64 Å². The van der Waals surface area contributed by atoms with Crippen LogP contribution in [0.3, 0.4) is 0 Å². The van der Waals surface area contributed by atoms with E-state index in [1.807, 2.05) is 30.3 Å². The number of benzene rings is 2. The highest BCUT2D eigenvalue weighted by Crippen LogP contribution is 2.22. The van der Waals surface area contributed by atoms with Crippen LogP contribution in [0.4, 0.5) is 5.69 Å². The van der Waals surface area contributed by atoms with Crippen LogP contribution >= 0.6 is 0 Å². The Hall–Kier alpha value is -2.04. The van der Waals surface area contributed by atoms with E-state index in [0.717, 1.165) is 44.9 Å². The first-order valence-electron chi connectivity index (χ1n) is 8.58. The minimum Gasteiger partial charge on any atom is -0.497 e. The number of aliphatic hydroxyl groups is 1. The molecule has 24 heavy (non-hydrogen) atoms. The molecule has 1 aliphatic rings. The molecule has 0 aliphatic carbocycles. The van der Waals surface area contributed by atoms with Gasteiger partial charge in [-0.2, -0.15) is 0 Å². The maximum absolute atomic E-state index is 10.3. The number of anilines is 1. The predicted molar refractivity (Wildman–Crippen MR) is 97.8 cm³/mol. The Labute approximate surface area is 144 Å². The van der Waals surface area contributed by atoms with Gasteiger partial charge in [0.15, 0.2) is 0 Å². The van der Waals surface area contributed by atoms with Gasteiger partial charge in [0.25, 0.3) is 0 Å². The molecule has 3 rings (SSSR count). The number of nitrogens with zero attached hydrogens (tertiary/aromatic N) is 2. The van der Waals surface area contributed by atoms with E-state index in [-0.39, 0.29) is 6.10 Å². The van der Waals surface area contributed by atoms with Gasteiger partial charge in [-0.3, -0.25) is 4.90 Å². The zero-order valence-electron chi connectivity index (χ0n) is 14.3. The number of ether oxygens (including phenoxy) is 1. The maximum Gasteiger partial charge on any atom is 0.120 e. The molecule has 1 atom stereocenters. The van der Waals surface area contributed by atoms with Gasteiger partial charge in [-0.1, -0.05) is 36.4 Å². The molecule has 0 saturated carbocycles. The number of rotatable bonds is 6. The summed E-state index contributed by atoms with van der Waals surface area (Å²) in [6.07, 6.45) is 0.410. The van der Waals surface area contributed by atoms with Crippen LogP contribution in [-0.2, 0) is 6.42 Å². The monoisotopic (exact) mass is 326 g/mol. The van der Waals surface area contributed by atoms with E-state index in [9.17, 15) is 5.11 Å². The van der Waals surface area contributed by atoms with Crippen molar-refractivity contribution in [3.8, 4) is 5.75 Å². The lowest BCUT2D eigenvalue weighted by molar-refractivity contribution is 0.109. The Morgan fingerprint density at radius 2 is 1.75 bits per heavy atom. The van der Waals surface area contributed by atoms with Crippen molar-refractivity contribution in [1.29, 1.82) is 0 Å². The van der Waals surface area contributed by atoms with Crippen molar-refractivity contribution in [2.24, 2.45) is 0 Å². The molecule has 4 nitrogen and oxygen atoms in total. The quantitative estimate of drug-likeness (QED) is 0.884. The highest BCUT2D eigenvalue weighted by molar-refractivity contribution is 5.51. The summed E-state index contributed by atoms with van der Waals surface area (Å²) in [4.78, 5) is 4.73. The smallest absolute Gasteiger partial charge is 0.120 e. The second-order valence-corrected chi connectivity index (χ2v) is 6.33. The van der Waals surface area contributed by atoms with Crippen molar-refractivity contribution in [2.75, 3.05) is 44.7 Å². The Kier molecular flexibility index (Phi) is 5.72. The Balaban J connectivity index is 1.48. The molecule has 1 heterocycles. The first-order chi connectivity index (χ1) is 11.7. The van der Waals surface area contributed by atoms with Crippen molar-refractivity contribution < 1.29 is 9.84 Å². The lowest BCUT2D eigenvalue weighted by Gasteiger charge is -2.37. The predicted octanol–water partition coefficient (Wildman–Crippen LogP) is 2.42. The van der Waals surface area contributed by atoms with Crippen molar-refractivity contribution in [1.82, 2.24) is 4.90 Å². The average Bonchev–Trinajstić information content (AvgIpc) is 2.63. The standard InChI is InChI=1S/C20H26N2O2/c1-24-20-9-5-8-18(15-20)22-12-10-21(11-13-22)16-19(23)14-17-6-3-2-4-7-17/h2-9,15,19,23H,10-14,16H2,1H3/t19-/m0/s1. The minimum atomic E-state index is -0.309. The second kappa shape index (κ2) is 8.18. The second-order valence-electron chi connectivity index (χ2n) is 6.33. The molecular weight excluding hydrogens is 300 g/mol. The molecule has 1 N–H and O–H groups in total. The van der Waals surface area contributed by atoms with Gasteiger partial charge in [-0.05, 0) is 24.1 Å². The van der Waals surface area contributed by atoms with E-state index < -0.39 is 0 Å². The van der Waals surface area contributed by atoms with Gasteiger partial charge >= 0.3 is 0 Å². The average molecular weight is 326 g/mol. The lowest BCUT2D eigenvalue weighted by atomic mass is 10.1. The van der Waals surface area contributed by atoms with Crippen molar-refractivity contribution in [3.63, 3.8) is 0 Å². The normalized spacial score (nSPS) is 16.8. The fourth-order valence-electron chi connectivity index (χ4n) is 3.24. The Morgan fingerprint density at radius 3 is 2.46 bits per heavy atom. The molecule has 0 radical (unpaired) electrons. The van der Waals surface area contributed by atoms with Crippen LogP contribution in [0.2, 0.25) is 0 Å². The molecule has 2 aromatic rings. The fraction of sp³-hybridized carbons (Fsp3) is 0.400. The zero-order valence-corrected chi connectivity index (χ0v) is 14.3. The van der Waals surface area contributed by atoms with Crippen molar-refractivity contribution in [2.45, 2.75) is 12.5 Å². The van der Waals surface area contributed by atoms with Crippen LogP contribution in [0, 0.1) is 0 Å². The van der Waals surface area contributed by atoms with Crippen molar-refractivity contribution >= 4 is 5.69 Å². The first kappa shape index (κ1) is 16.8. The van der Waals surface area contributed by atoms with Gasteiger partial charge in [0.05, 0.1) is 13.2 Å². The third kappa shape index (κ3) is 4.49. The number of β-amino-alcohol motifs (C(OH)–C–C–N with tert-alkyl or cyclic N) is 1. The summed E-state index contributed by atoms with van der Waals surface area (Å²) in [5.74, 6) is 0.896. The zero-order chi connectivity index (χ0) is 16.8. The topological polar surface area (TPSA) is 35.9 Å². The van der Waals surface area contributed by atoms with Crippen LogP contribution in [0.25, 0.3) is 0 Å². The molecule has 2 aromatic carbocycles. The molecule has 1 fully saturated rings. The van der Waals surface area contributed by atoms with Gasteiger partial charge in [0, 0.05) is 44.5 Å². The van der Waals surface area contributed by atoms with Gasteiger partial charge in [-0.25, -0.2) is 0 Å². The number of hydrogen-bond donors (Lipinski definition) is 1. The first-order valence-corrected chi connectivity index (χ1v) is 8.58. The van der Waals surface area contributed by atoms with E-state index in [4.69, 9.17) is 4.74 Å². The fourth-order valence-corrected chi connectivity index (χ4v) is 3.24. The number of methoxy groups -OCH3 is 1. The third-order valence-electron chi connectivity index (χ3n) is 4.57. The Morgan fingerprint density at radius 1 is 1.00 bits per heavy atom. The number of aliphatic hydroxyl groups excluding tert-OH is 1. The SMILES string of the molecule is COc1cccc(N2CCN(C[C@@H](O)Cc3ccccc3)CC2)c1. The lowest BCUT2D eigenvalue weighted by Crippen LogP contribution is -2.48. The molecule has 128 valence electrons. The van der Waals surface area contributed by atoms with E-state index in [1.54, 1.807) is 7.11 Å². The van der Waals surface area contributed by atoms with Gasteiger partial charge in [0.2, 0.25) is 0 Å². The number of hydrogen-bond acceptors (Lipinski definition) is 4. The molecule has 1 saturated heterocycles. The van der Waals surface area contributed by atoms with E-state index in [1.165, 1.54) is 11.3 Å². The van der Waals surface area contributed by atoms with Gasteiger partial charge < -0.3 is 14.7 Å². The third-order valence-corrected chi connectivity index (χ3v) is 4.57. The summed E-state index contributed by atoms with van der Waals surface area (Å²) in [6.45, 7) is 4.64. The summed E-state index contributed by atoms with van der Waals surface area (Å²) < 4.78 is 5.31. The summed E-state index contributed by atoms with van der Waals surface area (Å²) in [7, 11) is 1.70. The molecule has 0 aromatic heterocycles. The van der Waals surface area contributed by atoms with Crippen LogP contribution in [0.15, 0.2) is 54.6 Å². The van der Waals surface area contributed by atoms with Crippen molar-refractivity contribution in [3.05, 3.63) is 60.2 Å². The van der Waals surface area contributed by atoms with E-state index in [2.05, 4.69) is 34.1 Å². The van der Waals surface area contributed by atoms with Gasteiger partial charge in [0.1, 0.15) is 5.75 Å². The molecule has 0 amide bonds. The highest BCUT2D eigenvalue weighted by atomic mass is 16.5. The van der Waals surface area contributed by atoms with E-state index in [0.29, 0.717) is 0 Å². The van der Waals surface area contributed by atoms with Crippen LogP contribution in [0.1, 0.15) is 5.56 Å². The summed E-state index contributed by atoms with van der Waals surface area (Å²) in [6, 6.07) is 18.4. The summed E-state index contributed by atoms with van der Waals surface area (Å²) in [5, 5.41) is 10.3. The molecule has 0 bridgehead atoms. The van der Waals surface area contributed by atoms with Gasteiger partial charge in [-0.15, -0.1) is 0 Å². The molecule has 4 heteroatoms. The highest BCUT2D eigenvalue weighted by Gasteiger charge is 2.19. The molecule has 1 aliphatic heterocycles. The maximum atomic E-state index is 10.3. The summed E-state index contributed by atoms with van der Waals surface area (Å²) in [5.41, 5.74) is 2.40. The molecular formula is C20H26N2O2. The molecule has 0 unspecified atom stereocenters. The van der Waals surface area contributed by atoms with Crippen LogP contribution in [0.5, 0.6) is 5.75 Å². The van der Waals surface area contributed by atoms with Crippen LogP contribution in [-0.4, -0.2) is 55.9 Å². The number of piperazine rings is 1. The summed E-state index contributed by atoms with van der Waals surface area (Å²) >= 11 is 0.